The minimum atomic E-state index is -0.0336. The fourth-order valence-electron chi connectivity index (χ4n) is 1.55. The molecule has 1 aromatic carbocycles. The predicted molar refractivity (Wildman–Crippen MR) is 78.8 cm³/mol. The SMILES string of the molecule is CNC(=O)CSc1ccc(-c2cccc(OC)c2)nn1. The van der Waals surface area contributed by atoms with Gasteiger partial charge in [0.05, 0.1) is 18.6 Å². The van der Waals surface area contributed by atoms with Crippen LogP contribution in [-0.2, 0) is 4.79 Å². The lowest BCUT2D eigenvalue weighted by Gasteiger charge is -2.04. The monoisotopic (exact) mass is 289 g/mol. The molecule has 0 radical (unpaired) electrons. The minimum Gasteiger partial charge on any atom is -0.497 e. The van der Waals surface area contributed by atoms with Gasteiger partial charge < -0.3 is 10.1 Å². The topological polar surface area (TPSA) is 64.1 Å². The Bertz CT molecular complexity index is 587. The third-order valence-electron chi connectivity index (χ3n) is 2.64. The molecule has 0 spiro atoms. The Hall–Kier alpha value is -2.08. The second kappa shape index (κ2) is 6.91. The van der Waals surface area contributed by atoms with Crippen LogP contribution in [-0.4, -0.2) is 36.0 Å². The van der Waals surface area contributed by atoms with E-state index in [1.165, 1.54) is 11.8 Å². The number of rotatable bonds is 5. The number of hydrogen-bond acceptors (Lipinski definition) is 5. The summed E-state index contributed by atoms with van der Waals surface area (Å²) in [6, 6.07) is 11.4. The van der Waals surface area contributed by atoms with Gasteiger partial charge in [-0.25, -0.2) is 0 Å². The molecule has 0 atom stereocenters. The average Bonchev–Trinajstić information content (AvgIpc) is 2.53. The quantitative estimate of drug-likeness (QED) is 0.853. The lowest BCUT2D eigenvalue weighted by atomic mass is 10.1. The molecule has 0 fully saturated rings. The Morgan fingerprint density at radius 3 is 2.80 bits per heavy atom. The molecule has 20 heavy (non-hydrogen) atoms. The van der Waals surface area contributed by atoms with Gasteiger partial charge in [-0.2, -0.15) is 0 Å². The molecular formula is C14H15N3O2S. The van der Waals surface area contributed by atoms with E-state index in [1.54, 1.807) is 14.2 Å². The van der Waals surface area contributed by atoms with Crippen LogP contribution in [0.4, 0.5) is 0 Å². The maximum absolute atomic E-state index is 11.2. The molecule has 2 aromatic rings. The molecule has 0 saturated heterocycles. The van der Waals surface area contributed by atoms with Crippen molar-refractivity contribution >= 4 is 17.7 Å². The van der Waals surface area contributed by atoms with E-state index in [4.69, 9.17) is 4.74 Å². The van der Waals surface area contributed by atoms with Crippen molar-refractivity contribution in [2.24, 2.45) is 0 Å². The van der Waals surface area contributed by atoms with E-state index >= 15 is 0 Å². The molecule has 104 valence electrons. The fourth-order valence-corrected chi connectivity index (χ4v) is 2.23. The molecule has 0 aliphatic carbocycles. The second-order valence-electron chi connectivity index (χ2n) is 3.95. The van der Waals surface area contributed by atoms with Gasteiger partial charge >= 0.3 is 0 Å². The van der Waals surface area contributed by atoms with E-state index in [2.05, 4.69) is 15.5 Å². The molecule has 1 aromatic heterocycles. The van der Waals surface area contributed by atoms with Crippen molar-refractivity contribution in [2.75, 3.05) is 19.9 Å². The van der Waals surface area contributed by atoms with E-state index in [0.29, 0.717) is 5.75 Å². The molecule has 0 aliphatic rings. The Morgan fingerprint density at radius 2 is 2.15 bits per heavy atom. The molecule has 0 unspecified atom stereocenters. The molecule has 0 bridgehead atoms. The van der Waals surface area contributed by atoms with Crippen LogP contribution in [0.25, 0.3) is 11.3 Å². The molecule has 1 N–H and O–H groups in total. The summed E-state index contributed by atoms with van der Waals surface area (Å²) < 4.78 is 5.18. The lowest BCUT2D eigenvalue weighted by molar-refractivity contribution is -0.118. The number of ether oxygens (including phenoxy) is 1. The van der Waals surface area contributed by atoms with Crippen LogP contribution < -0.4 is 10.1 Å². The summed E-state index contributed by atoms with van der Waals surface area (Å²) in [7, 11) is 3.24. The first kappa shape index (κ1) is 14.3. The van der Waals surface area contributed by atoms with Crippen LogP contribution in [0.1, 0.15) is 0 Å². The van der Waals surface area contributed by atoms with Gasteiger partial charge in [-0.15, -0.1) is 10.2 Å². The summed E-state index contributed by atoms with van der Waals surface area (Å²) in [4.78, 5) is 11.2. The Morgan fingerprint density at radius 1 is 1.30 bits per heavy atom. The standard InChI is InChI=1S/C14H15N3O2S/c1-15-13(18)9-20-14-7-6-12(16-17-14)10-4-3-5-11(8-10)19-2/h3-8H,9H2,1-2H3,(H,15,18). The lowest BCUT2D eigenvalue weighted by Crippen LogP contribution is -2.19. The zero-order valence-electron chi connectivity index (χ0n) is 11.3. The van der Waals surface area contributed by atoms with Crippen molar-refractivity contribution in [3.63, 3.8) is 0 Å². The molecular weight excluding hydrogens is 274 g/mol. The van der Waals surface area contributed by atoms with Crippen molar-refractivity contribution in [3.8, 4) is 17.0 Å². The van der Waals surface area contributed by atoms with Crippen LogP contribution in [0.3, 0.4) is 0 Å². The van der Waals surface area contributed by atoms with Gasteiger partial charge in [-0.05, 0) is 24.3 Å². The van der Waals surface area contributed by atoms with Crippen molar-refractivity contribution in [3.05, 3.63) is 36.4 Å². The molecule has 2 rings (SSSR count). The van der Waals surface area contributed by atoms with Gasteiger partial charge in [0.1, 0.15) is 10.8 Å². The highest BCUT2D eigenvalue weighted by molar-refractivity contribution is 7.99. The zero-order valence-corrected chi connectivity index (χ0v) is 12.1. The number of carbonyl (C=O) groups excluding carboxylic acids is 1. The van der Waals surface area contributed by atoms with Gasteiger partial charge in [0.25, 0.3) is 0 Å². The number of benzene rings is 1. The molecule has 5 nitrogen and oxygen atoms in total. The minimum absolute atomic E-state index is 0.0336. The van der Waals surface area contributed by atoms with E-state index in [9.17, 15) is 4.79 Å². The highest BCUT2D eigenvalue weighted by atomic mass is 32.2. The van der Waals surface area contributed by atoms with Crippen LogP contribution in [0, 0.1) is 0 Å². The first-order valence-corrected chi connectivity index (χ1v) is 7.03. The zero-order chi connectivity index (χ0) is 14.4. The summed E-state index contributed by atoms with van der Waals surface area (Å²) in [6.45, 7) is 0. The summed E-state index contributed by atoms with van der Waals surface area (Å²) in [6.07, 6.45) is 0. The molecule has 0 aliphatic heterocycles. The van der Waals surface area contributed by atoms with Gasteiger partial charge in [-0.1, -0.05) is 23.9 Å². The van der Waals surface area contributed by atoms with Crippen LogP contribution in [0.5, 0.6) is 5.75 Å². The first-order valence-electron chi connectivity index (χ1n) is 6.04. The van der Waals surface area contributed by atoms with Crippen molar-refractivity contribution in [1.29, 1.82) is 0 Å². The van der Waals surface area contributed by atoms with Crippen molar-refractivity contribution in [2.45, 2.75) is 5.03 Å². The summed E-state index contributed by atoms with van der Waals surface area (Å²) in [5, 5.41) is 11.6. The molecule has 0 saturated carbocycles. The number of hydrogen-bond donors (Lipinski definition) is 1. The molecule has 1 amide bonds. The maximum atomic E-state index is 11.2. The van der Waals surface area contributed by atoms with Crippen LogP contribution >= 0.6 is 11.8 Å². The number of thioether (sulfide) groups is 1. The maximum Gasteiger partial charge on any atom is 0.230 e. The predicted octanol–water partition coefficient (Wildman–Crippen LogP) is 1.99. The van der Waals surface area contributed by atoms with E-state index in [-0.39, 0.29) is 5.91 Å². The number of carbonyl (C=O) groups is 1. The Labute approximate surface area is 121 Å². The van der Waals surface area contributed by atoms with Gasteiger partial charge in [0.15, 0.2) is 0 Å². The van der Waals surface area contributed by atoms with E-state index in [0.717, 1.165) is 22.0 Å². The van der Waals surface area contributed by atoms with Crippen molar-refractivity contribution in [1.82, 2.24) is 15.5 Å². The van der Waals surface area contributed by atoms with E-state index in [1.807, 2.05) is 36.4 Å². The van der Waals surface area contributed by atoms with Crippen LogP contribution in [0.2, 0.25) is 0 Å². The average molecular weight is 289 g/mol. The normalized spacial score (nSPS) is 10.1. The van der Waals surface area contributed by atoms with Gasteiger partial charge in [-0.3, -0.25) is 4.79 Å². The fraction of sp³-hybridized carbons (Fsp3) is 0.214. The Kier molecular flexibility index (Phi) is 4.95. The van der Waals surface area contributed by atoms with E-state index < -0.39 is 0 Å². The Balaban J connectivity index is 2.09. The third kappa shape index (κ3) is 3.71. The van der Waals surface area contributed by atoms with Crippen molar-refractivity contribution < 1.29 is 9.53 Å². The number of amides is 1. The summed E-state index contributed by atoms with van der Waals surface area (Å²) in [5.74, 6) is 1.08. The third-order valence-corrected chi connectivity index (χ3v) is 3.56. The molecule has 1 heterocycles. The number of nitrogens with one attached hydrogen (secondary N) is 1. The highest BCUT2D eigenvalue weighted by Gasteiger charge is 2.05. The number of methoxy groups -OCH3 is 1. The van der Waals surface area contributed by atoms with Crippen LogP contribution in [0.15, 0.2) is 41.4 Å². The largest absolute Gasteiger partial charge is 0.497 e. The van der Waals surface area contributed by atoms with Gasteiger partial charge in [0.2, 0.25) is 5.91 Å². The molecule has 6 heteroatoms. The highest BCUT2D eigenvalue weighted by Crippen LogP contribution is 2.23. The van der Waals surface area contributed by atoms with Gasteiger partial charge in [0, 0.05) is 12.6 Å². The smallest absolute Gasteiger partial charge is 0.230 e. The first-order chi connectivity index (χ1) is 9.72. The summed E-state index contributed by atoms with van der Waals surface area (Å²) >= 11 is 1.35. The number of nitrogens with zero attached hydrogens (tertiary/aromatic N) is 2. The summed E-state index contributed by atoms with van der Waals surface area (Å²) in [5.41, 5.74) is 1.72. The number of aromatic nitrogens is 2. The second-order valence-corrected chi connectivity index (χ2v) is 4.95.